The molecule has 2 saturated heterocycles. The molecule has 25 heavy (non-hydrogen) atoms. The molecule has 2 aromatic rings. The number of carbonyl (C=O) groups is 1. The van der Waals surface area contributed by atoms with Gasteiger partial charge in [0.1, 0.15) is 5.82 Å². The van der Waals surface area contributed by atoms with Gasteiger partial charge in [0.15, 0.2) is 0 Å². The third kappa shape index (κ3) is 3.08. The summed E-state index contributed by atoms with van der Waals surface area (Å²) in [5.41, 5.74) is 0.481. The smallest absolute Gasteiger partial charge is 0.230 e. The highest BCUT2D eigenvalue weighted by atomic mass is 19.1. The summed E-state index contributed by atoms with van der Waals surface area (Å²) in [6.45, 7) is 2.73. The van der Waals surface area contributed by atoms with Gasteiger partial charge in [-0.25, -0.2) is 14.4 Å². The Balaban J connectivity index is 1.50. The highest BCUT2D eigenvalue weighted by molar-refractivity contribution is 5.85. The maximum atomic E-state index is 13.4. The Morgan fingerprint density at radius 3 is 2.76 bits per heavy atom. The number of nitrogens with zero attached hydrogens (tertiary/aromatic N) is 4. The summed E-state index contributed by atoms with van der Waals surface area (Å²) in [5, 5.41) is 0. The zero-order chi connectivity index (χ0) is 17.3. The molecule has 1 atom stereocenters. The molecule has 1 spiro atoms. The molecular weight excluding hydrogens is 319 g/mol. The summed E-state index contributed by atoms with van der Waals surface area (Å²) in [6.07, 6.45) is 6.16. The van der Waals surface area contributed by atoms with Crippen LogP contribution in [0, 0.1) is 11.2 Å². The fourth-order valence-corrected chi connectivity index (χ4v) is 4.04. The fourth-order valence-electron chi connectivity index (χ4n) is 4.04. The van der Waals surface area contributed by atoms with Crippen LogP contribution in [0.3, 0.4) is 0 Å². The number of benzene rings is 1. The van der Waals surface area contributed by atoms with Gasteiger partial charge in [0, 0.05) is 38.6 Å². The van der Waals surface area contributed by atoms with Crippen LogP contribution in [0.2, 0.25) is 0 Å². The molecule has 1 unspecified atom stereocenters. The van der Waals surface area contributed by atoms with Crippen LogP contribution in [-0.4, -0.2) is 40.4 Å². The van der Waals surface area contributed by atoms with Crippen molar-refractivity contribution in [1.82, 2.24) is 14.9 Å². The second-order valence-electron chi connectivity index (χ2n) is 6.96. The van der Waals surface area contributed by atoms with Gasteiger partial charge in [0.25, 0.3) is 0 Å². The molecule has 0 aliphatic carbocycles. The summed E-state index contributed by atoms with van der Waals surface area (Å²) >= 11 is 0. The maximum Gasteiger partial charge on any atom is 0.230 e. The van der Waals surface area contributed by atoms with E-state index in [0.29, 0.717) is 19.0 Å². The Kier molecular flexibility index (Phi) is 4.11. The zero-order valence-electron chi connectivity index (χ0n) is 14.1. The van der Waals surface area contributed by atoms with E-state index < -0.39 is 0 Å². The first-order chi connectivity index (χ1) is 12.2. The second-order valence-corrected chi connectivity index (χ2v) is 6.96. The lowest BCUT2D eigenvalue weighted by molar-refractivity contribution is -0.137. The molecule has 5 nitrogen and oxygen atoms in total. The monoisotopic (exact) mass is 340 g/mol. The minimum absolute atomic E-state index is 0.178. The summed E-state index contributed by atoms with van der Waals surface area (Å²) in [4.78, 5) is 25.7. The van der Waals surface area contributed by atoms with Gasteiger partial charge in [0.2, 0.25) is 11.9 Å². The average Bonchev–Trinajstić information content (AvgIpc) is 2.92. The third-order valence-electron chi connectivity index (χ3n) is 5.28. The predicted molar refractivity (Wildman–Crippen MR) is 92.3 cm³/mol. The molecule has 2 fully saturated rings. The fraction of sp³-hybridized carbons (Fsp3) is 0.421. The SMILES string of the molecule is O=C1N(Cc2cccc(F)c2)CCC12CCCN(c1ncccn1)C2. The first kappa shape index (κ1) is 16.0. The number of aromatic nitrogens is 2. The molecule has 0 N–H and O–H groups in total. The first-order valence-corrected chi connectivity index (χ1v) is 8.72. The highest BCUT2D eigenvalue weighted by Gasteiger charge is 2.49. The molecule has 0 saturated carbocycles. The molecule has 0 bridgehead atoms. The van der Waals surface area contributed by atoms with Crippen molar-refractivity contribution in [3.8, 4) is 0 Å². The van der Waals surface area contributed by atoms with Crippen molar-refractivity contribution in [2.75, 3.05) is 24.5 Å². The third-order valence-corrected chi connectivity index (χ3v) is 5.28. The number of hydrogen-bond acceptors (Lipinski definition) is 4. The lowest BCUT2D eigenvalue weighted by Crippen LogP contribution is -2.48. The van der Waals surface area contributed by atoms with Crippen LogP contribution in [0.4, 0.5) is 10.3 Å². The van der Waals surface area contributed by atoms with Gasteiger partial charge in [-0.1, -0.05) is 12.1 Å². The Morgan fingerprint density at radius 1 is 1.12 bits per heavy atom. The van der Waals surface area contributed by atoms with E-state index in [1.54, 1.807) is 24.5 Å². The van der Waals surface area contributed by atoms with Crippen molar-refractivity contribution in [3.63, 3.8) is 0 Å². The first-order valence-electron chi connectivity index (χ1n) is 8.72. The van der Waals surface area contributed by atoms with Crippen molar-refractivity contribution in [2.24, 2.45) is 5.41 Å². The van der Waals surface area contributed by atoms with Crippen LogP contribution < -0.4 is 4.90 Å². The number of likely N-dealkylation sites (tertiary alicyclic amines) is 1. The van der Waals surface area contributed by atoms with E-state index >= 15 is 0 Å². The van der Waals surface area contributed by atoms with E-state index in [0.717, 1.165) is 37.9 Å². The van der Waals surface area contributed by atoms with Crippen LogP contribution in [-0.2, 0) is 11.3 Å². The number of rotatable bonds is 3. The Labute approximate surface area is 146 Å². The zero-order valence-corrected chi connectivity index (χ0v) is 14.1. The number of anilines is 1. The van der Waals surface area contributed by atoms with Crippen LogP contribution >= 0.6 is 0 Å². The van der Waals surface area contributed by atoms with Gasteiger partial charge in [-0.3, -0.25) is 4.79 Å². The molecule has 1 amide bonds. The van der Waals surface area contributed by atoms with Crippen LogP contribution in [0.15, 0.2) is 42.7 Å². The van der Waals surface area contributed by atoms with Gasteiger partial charge in [-0.05, 0) is 43.0 Å². The van der Waals surface area contributed by atoms with Crippen LogP contribution in [0.1, 0.15) is 24.8 Å². The van der Waals surface area contributed by atoms with E-state index in [4.69, 9.17) is 0 Å². The quantitative estimate of drug-likeness (QED) is 0.862. The molecule has 4 rings (SSSR count). The lowest BCUT2D eigenvalue weighted by Gasteiger charge is -2.39. The largest absolute Gasteiger partial charge is 0.340 e. The van der Waals surface area contributed by atoms with Gasteiger partial charge < -0.3 is 9.80 Å². The van der Waals surface area contributed by atoms with Gasteiger partial charge in [0.05, 0.1) is 5.41 Å². The summed E-state index contributed by atoms with van der Waals surface area (Å²) in [5.74, 6) is 0.610. The predicted octanol–water partition coefficient (Wildman–Crippen LogP) is 2.63. The van der Waals surface area contributed by atoms with E-state index in [2.05, 4.69) is 14.9 Å². The number of halogens is 1. The molecule has 3 heterocycles. The molecule has 130 valence electrons. The van der Waals surface area contributed by atoms with Crippen LogP contribution in [0.25, 0.3) is 0 Å². The molecule has 2 aliphatic rings. The van der Waals surface area contributed by atoms with Gasteiger partial charge in [-0.2, -0.15) is 0 Å². The Morgan fingerprint density at radius 2 is 1.96 bits per heavy atom. The highest BCUT2D eigenvalue weighted by Crippen LogP contribution is 2.41. The summed E-state index contributed by atoms with van der Waals surface area (Å²) in [7, 11) is 0. The molecular formula is C19H21FN4O. The molecule has 1 aromatic heterocycles. The summed E-state index contributed by atoms with van der Waals surface area (Å²) < 4.78 is 13.4. The topological polar surface area (TPSA) is 49.3 Å². The van der Waals surface area contributed by atoms with Crippen molar-refractivity contribution in [3.05, 3.63) is 54.1 Å². The van der Waals surface area contributed by atoms with E-state index in [9.17, 15) is 9.18 Å². The van der Waals surface area contributed by atoms with Crippen LogP contribution in [0.5, 0.6) is 0 Å². The Hall–Kier alpha value is -2.50. The second kappa shape index (κ2) is 6.43. The molecule has 6 heteroatoms. The standard InChI is InChI=1S/C19H21FN4O/c20-16-5-1-4-15(12-16)13-23-11-7-19(17(23)25)6-2-10-24(14-19)18-21-8-3-9-22-18/h1,3-5,8-9,12H,2,6-7,10-11,13-14H2. The number of amides is 1. The van der Waals surface area contributed by atoms with E-state index in [1.165, 1.54) is 12.1 Å². The minimum atomic E-state index is -0.356. The Bertz CT molecular complexity index is 769. The van der Waals surface area contributed by atoms with E-state index in [-0.39, 0.29) is 17.1 Å². The number of piperidine rings is 1. The lowest BCUT2D eigenvalue weighted by atomic mass is 9.78. The number of carbonyl (C=O) groups excluding carboxylic acids is 1. The normalized spacial score (nSPS) is 23.5. The average molecular weight is 340 g/mol. The molecule has 2 aliphatic heterocycles. The van der Waals surface area contributed by atoms with Crippen molar-refractivity contribution < 1.29 is 9.18 Å². The van der Waals surface area contributed by atoms with Gasteiger partial charge >= 0.3 is 0 Å². The number of hydrogen-bond donors (Lipinski definition) is 0. The van der Waals surface area contributed by atoms with Gasteiger partial charge in [-0.15, -0.1) is 0 Å². The maximum absolute atomic E-state index is 13.4. The van der Waals surface area contributed by atoms with Crippen molar-refractivity contribution in [2.45, 2.75) is 25.8 Å². The van der Waals surface area contributed by atoms with Crippen molar-refractivity contribution >= 4 is 11.9 Å². The molecule has 1 aromatic carbocycles. The summed E-state index contributed by atoms with van der Waals surface area (Å²) in [6, 6.07) is 8.28. The minimum Gasteiger partial charge on any atom is -0.340 e. The van der Waals surface area contributed by atoms with Crippen molar-refractivity contribution in [1.29, 1.82) is 0 Å². The van der Waals surface area contributed by atoms with E-state index in [1.807, 2.05) is 11.0 Å². The molecule has 0 radical (unpaired) electrons.